The van der Waals surface area contributed by atoms with Gasteiger partial charge in [-0.05, 0) is 55.8 Å². The van der Waals surface area contributed by atoms with E-state index in [-0.39, 0.29) is 18.3 Å². The molecule has 1 heterocycles. The maximum atomic E-state index is 12.2. The van der Waals surface area contributed by atoms with Crippen LogP contribution in [0.1, 0.15) is 27.4 Å². The average Bonchev–Trinajstić information content (AvgIpc) is 3.07. The van der Waals surface area contributed by atoms with E-state index in [0.717, 1.165) is 11.3 Å². The van der Waals surface area contributed by atoms with Gasteiger partial charge < -0.3 is 14.5 Å². The number of benzene rings is 2. The second-order valence-electron chi connectivity index (χ2n) is 5.79. The second kappa shape index (κ2) is 7.45. The SMILES string of the molecule is Cc1ccc(OCc2ccc(C(=O)Nc3ccc(C)c(Cl)c3)o2)cc1. The van der Waals surface area contributed by atoms with E-state index in [1.165, 1.54) is 5.56 Å². The van der Waals surface area contributed by atoms with Crippen molar-refractivity contribution in [2.24, 2.45) is 0 Å². The molecule has 0 fully saturated rings. The number of anilines is 1. The van der Waals surface area contributed by atoms with Crippen LogP contribution in [0.3, 0.4) is 0 Å². The number of hydrogen-bond acceptors (Lipinski definition) is 3. The van der Waals surface area contributed by atoms with Crippen molar-refractivity contribution in [3.8, 4) is 5.75 Å². The van der Waals surface area contributed by atoms with E-state index in [0.29, 0.717) is 16.5 Å². The van der Waals surface area contributed by atoms with Crippen LogP contribution in [0.15, 0.2) is 59.0 Å². The lowest BCUT2D eigenvalue weighted by atomic mass is 10.2. The first-order valence-electron chi connectivity index (χ1n) is 7.87. The lowest BCUT2D eigenvalue weighted by Crippen LogP contribution is -2.10. The summed E-state index contributed by atoms with van der Waals surface area (Å²) < 4.78 is 11.2. The molecule has 3 rings (SSSR count). The highest BCUT2D eigenvalue weighted by atomic mass is 35.5. The number of furan rings is 1. The number of amides is 1. The fraction of sp³-hybridized carbons (Fsp3) is 0.150. The Kier molecular flexibility index (Phi) is 5.10. The van der Waals surface area contributed by atoms with Crippen LogP contribution in [0.2, 0.25) is 5.02 Å². The summed E-state index contributed by atoms with van der Waals surface area (Å²) in [6, 6.07) is 16.4. The largest absolute Gasteiger partial charge is 0.486 e. The number of ether oxygens (including phenoxy) is 1. The number of nitrogens with one attached hydrogen (secondary N) is 1. The van der Waals surface area contributed by atoms with Gasteiger partial charge in [0.25, 0.3) is 5.91 Å². The van der Waals surface area contributed by atoms with Crippen molar-refractivity contribution < 1.29 is 13.9 Å². The standard InChI is InChI=1S/C20H18ClNO3/c1-13-3-7-16(8-4-13)24-12-17-9-10-19(25-17)20(23)22-15-6-5-14(2)18(21)11-15/h3-11H,12H2,1-2H3,(H,22,23). The molecular formula is C20H18ClNO3. The summed E-state index contributed by atoms with van der Waals surface area (Å²) in [6.07, 6.45) is 0. The lowest BCUT2D eigenvalue weighted by Gasteiger charge is -2.06. The molecule has 1 aromatic heterocycles. The Labute approximate surface area is 151 Å². The van der Waals surface area contributed by atoms with Crippen molar-refractivity contribution in [2.45, 2.75) is 20.5 Å². The third-order valence-corrected chi connectivity index (χ3v) is 4.12. The zero-order valence-corrected chi connectivity index (χ0v) is 14.8. The summed E-state index contributed by atoms with van der Waals surface area (Å²) in [5, 5.41) is 3.36. The van der Waals surface area contributed by atoms with Crippen LogP contribution < -0.4 is 10.1 Å². The van der Waals surface area contributed by atoms with Gasteiger partial charge in [-0.3, -0.25) is 4.79 Å². The van der Waals surface area contributed by atoms with Gasteiger partial charge in [-0.2, -0.15) is 0 Å². The van der Waals surface area contributed by atoms with Gasteiger partial charge >= 0.3 is 0 Å². The van der Waals surface area contributed by atoms with E-state index in [4.69, 9.17) is 20.8 Å². The second-order valence-corrected chi connectivity index (χ2v) is 6.19. The molecule has 5 heteroatoms. The van der Waals surface area contributed by atoms with Crippen molar-refractivity contribution in [1.82, 2.24) is 0 Å². The van der Waals surface area contributed by atoms with Gasteiger partial charge in [-0.15, -0.1) is 0 Å². The fourth-order valence-electron chi connectivity index (χ4n) is 2.23. The average molecular weight is 356 g/mol. The Balaban J connectivity index is 1.61. The minimum absolute atomic E-state index is 0.221. The third kappa shape index (κ3) is 4.43. The number of rotatable bonds is 5. The van der Waals surface area contributed by atoms with E-state index in [9.17, 15) is 4.79 Å². The Morgan fingerprint density at radius 1 is 1.08 bits per heavy atom. The molecule has 2 aromatic carbocycles. The smallest absolute Gasteiger partial charge is 0.291 e. The molecule has 0 aliphatic heterocycles. The first kappa shape index (κ1) is 17.1. The summed E-state index contributed by atoms with van der Waals surface area (Å²) in [6.45, 7) is 4.18. The Hall–Kier alpha value is -2.72. The van der Waals surface area contributed by atoms with Crippen molar-refractivity contribution in [3.05, 3.63) is 82.3 Å². The number of aryl methyl sites for hydroxylation is 2. The Morgan fingerprint density at radius 3 is 2.56 bits per heavy atom. The highest BCUT2D eigenvalue weighted by Crippen LogP contribution is 2.21. The normalized spacial score (nSPS) is 10.5. The summed E-state index contributed by atoms with van der Waals surface area (Å²) in [4.78, 5) is 12.2. The predicted octanol–water partition coefficient (Wildman–Crippen LogP) is 5.38. The van der Waals surface area contributed by atoms with Gasteiger partial charge in [-0.1, -0.05) is 35.4 Å². The summed E-state index contributed by atoms with van der Waals surface area (Å²) in [7, 11) is 0. The van der Waals surface area contributed by atoms with Crippen LogP contribution in [0.25, 0.3) is 0 Å². The number of carbonyl (C=O) groups is 1. The molecule has 0 aliphatic carbocycles. The fourth-order valence-corrected chi connectivity index (χ4v) is 2.41. The monoisotopic (exact) mass is 355 g/mol. The van der Waals surface area contributed by atoms with Crippen LogP contribution in [0.5, 0.6) is 5.75 Å². The molecule has 0 saturated carbocycles. The molecule has 0 bridgehead atoms. The first-order chi connectivity index (χ1) is 12.0. The molecule has 0 aliphatic rings. The minimum atomic E-state index is -0.332. The molecule has 4 nitrogen and oxygen atoms in total. The quantitative estimate of drug-likeness (QED) is 0.668. The van der Waals surface area contributed by atoms with Gasteiger partial charge in [0.2, 0.25) is 0 Å². The van der Waals surface area contributed by atoms with Gasteiger partial charge in [0.15, 0.2) is 5.76 Å². The molecule has 128 valence electrons. The lowest BCUT2D eigenvalue weighted by molar-refractivity contribution is 0.0992. The van der Waals surface area contributed by atoms with Crippen LogP contribution in [0.4, 0.5) is 5.69 Å². The molecule has 3 aromatic rings. The van der Waals surface area contributed by atoms with E-state index in [1.54, 1.807) is 24.3 Å². The molecule has 0 atom stereocenters. The molecule has 0 unspecified atom stereocenters. The zero-order chi connectivity index (χ0) is 17.8. The van der Waals surface area contributed by atoms with Gasteiger partial charge in [-0.25, -0.2) is 0 Å². The summed E-state index contributed by atoms with van der Waals surface area (Å²) in [5.41, 5.74) is 2.74. The first-order valence-corrected chi connectivity index (χ1v) is 8.25. The highest BCUT2D eigenvalue weighted by molar-refractivity contribution is 6.31. The maximum Gasteiger partial charge on any atom is 0.291 e. The van der Waals surface area contributed by atoms with E-state index < -0.39 is 0 Å². The van der Waals surface area contributed by atoms with Crippen LogP contribution in [-0.2, 0) is 6.61 Å². The molecule has 0 radical (unpaired) electrons. The van der Waals surface area contributed by atoms with E-state index in [1.807, 2.05) is 44.2 Å². The topological polar surface area (TPSA) is 51.5 Å². The molecule has 25 heavy (non-hydrogen) atoms. The van der Waals surface area contributed by atoms with Gasteiger partial charge in [0.05, 0.1) is 0 Å². The zero-order valence-electron chi connectivity index (χ0n) is 14.0. The number of halogens is 1. The molecular weight excluding hydrogens is 338 g/mol. The van der Waals surface area contributed by atoms with Crippen molar-refractivity contribution >= 4 is 23.2 Å². The predicted molar refractivity (Wildman–Crippen MR) is 98.4 cm³/mol. The van der Waals surface area contributed by atoms with E-state index >= 15 is 0 Å². The Bertz CT molecular complexity index is 884. The van der Waals surface area contributed by atoms with Crippen LogP contribution in [-0.4, -0.2) is 5.91 Å². The molecule has 0 spiro atoms. The van der Waals surface area contributed by atoms with Gasteiger partial charge in [0, 0.05) is 10.7 Å². The molecule has 1 N–H and O–H groups in total. The van der Waals surface area contributed by atoms with Crippen molar-refractivity contribution in [1.29, 1.82) is 0 Å². The molecule has 0 saturated heterocycles. The van der Waals surface area contributed by atoms with Crippen LogP contribution >= 0.6 is 11.6 Å². The number of hydrogen-bond donors (Lipinski definition) is 1. The summed E-state index contributed by atoms with van der Waals surface area (Å²) >= 11 is 6.07. The van der Waals surface area contributed by atoms with Crippen molar-refractivity contribution in [3.63, 3.8) is 0 Å². The minimum Gasteiger partial charge on any atom is -0.486 e. The highest BCUT2D eigenvalue weighted by Gasteiger charge is 2.12. The molecule has 1 amide bonds. The van der Waals surface area contributed by atoms with Crippen LogP contribution in [0, 0.1) is 13.8 Å². The van der Waals surface area contributed by atoms with Crippen molar-refractivity contribution in [2.75, 3.05) is 5.32 Å². The van der Waals surface area contributed by atoms with Gasteiger partial charge in [0.1, 0.15) is 18.1 Å². The third-order valence-electron chi connectivity index (χ3n) is 3.72. The van der Waals surface area contributed by atoms with E-state index in [2.05, 4.69) is 5.32 Å². The maximum absolute atomic E-state index is 12.2. The summed E-state index contributed by atoms with van der Waals surface area (Å²) in [5.74, 6) is 1.22. The Morgan fingerprint density at radius 2 is 1.84 bits per heavy atom. The number of carbonyl (C=O) groups excluding carboxylic acids is 1.